The van der Waals surface area contributed by atoms with E-state index in [1.165, 1.54) is 6.07 Å². The van der Waals surface area contributed by atoms with E-state index in [1.54, 1.807) is 31.1 Å². The molecule has 5 nitrogen and oxygen atoms in total. The number of benzene rings is 2. The predicted molar refractivity (Wildman–Crippen MR) is 115 cm³/mol. The highest BCUT2D eigenvalue weighted by Gasteiger charge is 2.08. The fourth-order valence-corrected chi connectivity index (χ4v) is 3.02. The van der Waals surface area contributed by atoms with E-state index in [0.717, 1.165) is 16.5 Å². The molecule has 7 heteroatoms. The number of guanidine groups is 1. The quantitative estimate of drug-likeness (QED) is 0.502. The Balaban J connectivity index is 1.97. The molecule has 0 aliphatic rings. The summed E-state index contributed by atoms with van der Waals surface area (Å²) in [6, 6.07) is 12.4. The summed E-state index contributed by atoms with van der Waals surface area (Å²) in [6.45, 7) is 3.58. The van der Waals surface area contributed by atoms with Crippen molar-refractivity contribution in [2.24, 2.45) is 4.99 Å². The molecule has 0 unspecified atom stereocenters. The monoisotopic (exact) mass is 448 g/mol. The number of aliphatic imine (C=N–C) groups is 1. The van der Waals surface area contributed by atoms with Gasteiger partial charge in [0.05, 0.1) is 6.54 Å². The number of rotatable bonds is 7. The van der Waals surface area contributed by atoms with Crippen LogP contribution in [-0.4, -0.2) is 44.0 Å². The highest BCUT2D eigenvalue weighted by molar-refractivity contribution is 9.10. The molecule has 0 aliphatic heterocycles. The number of halogens is 2. The predicted octanol–water partition coefficient (Wildman–Crippen LogP) is 3.59. The van der Waals surface area contributed by atoms with Crippen LogP contribution in [-0.2, 0) is 13.0 Å². The molecule has 0 aliphatic carbocycles. The van der Waals surface area contributed by atoms with Gasteiger partial charge in [0.2, 0.25) is 0 Å². The maximum Gasteiger partial charge on any atom is 0.253 e. The molecule has 2 aromatic carbocycles. The van der Waals surface area contributed by atoms with Gasteiger partial charge in [0, 0.05) is 42.8 Å². The number of hydrogen-bond acceptors (Lipinski definition) is 2. The van der Waals surface area contributed by atoms with Crippen LogP contribution in [0, 0.1) is 5.82 Å². The van der Waals surface area contributed by atoms with Gasteiger partial charge in [-0.15, -0.1) is 0 Å². The number of amides is 1. The SMILES string of the molecule is CCNC(=NCc1cc(Br)ccc1F)NCCc1cccc(C(=O)N(C)C)c1. The van der Waals surface area contributed by atoms with E-state index >= 15 is 0 Å². The first-order valence-corrected chi connectivity index (χ1v) is 9.96. The lowest BCUT2D eigenvalue weighted by Gasteiger charge is -2.13. The number of nitrogens with zero attached hydrogens (tertiary/aromatic N) is 2. The van der Waals surface area contributed by atoms with Crippen molar-refractivity contribution in [2.45, 2.75) is 19.9 Å². The van der Waals surface area contributed by atoms with Crippen molar-refractivity contribution in [3.8, 4) is 0 Å². The molecule has 0 spiro atoms. The molecule has 2 aromatic rings. The molecular weight excluding hydrogens is 423 g/mol. The summed E-state index contributed by atoms with van der Waals surface area (Å²) in [7, 11) is 3.48. The number of carbonyl (C=O) groups excluding carboxylic acids is 1. The van der Waals surface area contributed by atoms with E-state index in [2.05, 4.69) is 31.6 Å². The van der Waals surface area contributed by atoms with Gasteiger partial charge in [-0.3, -0.25) is 4.79 Å². The van der Waals surface area contributed by atoms with Gasteiger partial charge in [-0.05, 0) is 49.2 Å². The maximum atomic E-state index is 13.9. The van der Waals surface area contributed by atoms with Crippen molar-refractivity contribution in [2.75, 3.05) is 27.2 Å². The lowest BCUT2D eigenvalue weighted by molar-refractivity contribution is 0.0827. The van der Waals surface area contributed by atoms with Crippen molar-refractivity contribution in [1.29, 1.82) is 0 Å². The number of carbonyl (C=O) groups is 1. The second kappa shape index (κ2) is 10.8. The Morgan fingerprint density at radius 1 is 1.18 bits per heavy atom. The highest BCUT2D eigenvalue weighted by Crippen LogP contribution is 2.16. The van der Waals surface area contributed by atoms with Crippen molar-refractivity contribution in [3.05, 3.63) is 69.4 Å². The van der Waals surface area contributed by atoms with E-state index in [-0.39, 0.29) is 18.3 Å². The summed E-state index contributed by atoms with van der Waals surface area (Å²) < 4.78 is 14.7. The van der Waals surface area contributed by atoms with Gasteiger partial charge >= 0.3 is 0 Å². The fraction of sp³-hybridized carbons (Fsp3) is 0.333. The third-order valence-corrected chi connectivity index (χ3v) is 4.54. The summed E-state index contributed by atoms with van der Waals surface area (Å²) in [5, 5.41) is 6.42. The number of hydrogen-bond donors (Lipinski definition) is 2. The van der Waals surface area contributed by atoms with E-state index in [4.69, 9.17) is 0 Å². The van der Waals surface area contributed by atoms with E-state index in [1.807, 2.05) is 31.2 Å². The molecule has 0 radical (unpaired) electrons. The Morgan fingerprint density at radius 2 is 1.96 bits per heavy atom. The zero-order valence-electron chi connectivity index (χ0n) is 16.4. The van der Waals surface area contributed by atoms with Crippen LogP contribution < -0.4 is 10.6 Å². The first-order chi connectivity index (χ1) is 13.4. The highest BCUT2D eigenvalue weighted by atomic mass is 79.9. The Kier molecular flexibility index (Phi) is 8.44. The Morgan fingerprint density at radius 3 is 2.68 bits per heavy atom. The summed E-state index contributed by atoms with van der Waals surface area (Å²) in [5.41, 5.74) is 2.27. The largest absolute Gasteiger partial charge is 0.357 e. The first kappa shape index (κ1) is 21.9. The zero-order valence-corrected chi connectivity index (χ0v) is 18.0. The molecule has 150 valence electrons. The molecule has 28 heavy (non-hydrogen) atoms. The van der Waals surface area contributed by atoms with Gasteiger partial charge in [0.25, 0.3) is 5.91 Å². The lowest BCUT2D eigenvalue weighted by Crippen LogP contribution is -2.38. The smallest absolute Gasteiger partial charge is 0.253 e. The third-order valence-electron chi connectivity index (χ3n) is 4.05. The summed E-state index contributed by atoms with van der Waals surface area (Å²) in [5.74, 6) is 0.341. The molecule has 0 fully saturated rings. The fourth-order valence-electron chi connectivity index (χ4n) is 2.61. The average Bonchev–Trinajstić information content (AvgIpc) is 2.68. The lowest BCUT2D eigenvalue weighted by atomic mass is 10.1. The maximum absolute atomic E-state index is 13.9. The summed E-state index contributed by atoms with van der Waals surface area (Å²) >= 11 is 3.35. The Bertz CT molecular complexity index is 839. The molecule has 0 aromatic heterocycles. The molecular formula is C21H26BrFN4O. The molecule has 0 saturated carbocycles. The van der Waals surface area contributed by atoms with Gasteiger partial charge < -0.3 is 15.5 Å². The van der Waals surface area contributed by atoms with Crippen LogP contribution in [0.4, 0.5) is 4.39 Å². The second-order valence-electron chi connectivity index (χ2n) is 6.51. The minimum atomic E-state index is -0.273. The standard InChI is InChI=1S/C21H26BrFN4O/c1-4-24-21(26-14-17-13-18(22)8-9-19(17)23)25-11-10-15-6-5-7-16(12-15)20(28)27(2)3/h5-9,12-13H,4,10-11,14H2,1-3H3,(H2,24,25,26). The first-order valence-electron chi connectivity index (χ1n) is 9.17. The molecule has 2 rings (SSSR count). The molecule has 0 saturated heterocycles. The van der Waals surface area contributed by atoms with E-state index in [0.29, 0.717) is 30.2 Å². The van der Waals surface area contributed by atoms with Gasteiger partial charge in [-0.2, -0.15) is 0 Å². The van der Waals surface area contributed by atoms with Gasteiger partial charge in [-0.1, -0.05) is 28.1 Å². The van der Waals surface area contributed by atoms with Crippen molar-refractivity contribution in [3.63, 3.8) is 0 Å². The molecule has 0 atom stereocenters. The Labute approximate surface area is 174 Å². The number of nitrogens with one attached hydrogen (secondary N) is 2. The van der Waals surface area contributed by atoms with Crippen molar-refractivity contribution in [1.82, 2.24) is 15.5 Å². The van der Waals surface area contributed by atoms with Gasteiger partial charge in [0.15, 0.2) is 5.96 Å². The summed E-state index contributed by atoms with van der Waals surface area (Å²) in [4.78, 5) is 18.1. The van der Waals surface area contributed by atoms with Crippen LogP contribution in [0.1, 0.15) is 28.4 Å². The van der Waals surface area contributed by atoms with Crippen LogP contribution in [0.25, 0.3) is 0 Å². The second-order valence-corrected chi connectivity index (χ2v) is 7.42. The van der Waals surface area contributed by atoms with E-state index < -0.39 is 0 Å². The van der Waals surface area contributed by atoms with Crippen LogP contribution in [0.15, 0.2) is 51.9 Å². The van der Waals surface area contributed by atoms with Gasteiger partial charge in [-0.25, -0.2) is 9.38 Å². The minimum absolute atomic E-state index is 0.0132. The van der Waals surface area contributed by atoms with Crippen LogP contribution >= 0.6 is 15.9 Å². The van der Waals surface area contributed by atoms with Crippen molar-refractivity contribution < 1.29 is 9.18 Å². The van der Waals surface area contributed by atoms with Gasteiger partial charge in [0.1, 0.15) is 5.82 Å². The molecule has 2 N–H and O–H groups in total. The van der Waals surface area contributed by atoms with Crippen LogP contribution in [0.5, 0.6) is 0 Å². The molecule has 0 heterocycles. The van der Waals surface area contributed by atoms with Crippen LogP contribution in [0.3, 0.4) is 0 Å². The third kappa shape index (κ3) is 6.64. The van der Waals surface area contributed by atoms with Crippen molar-refractivity contribution >= 4 is 27.8 Å². The van der Waals surface area contributed by atoms with E-state index in [9.17, 15) is 9.18 Å². The summed E-state index contributed by atoms with van der Waals surface area (Å²) in [6.07, 6.45) is 0.740. The normalized spacial score (nSPS) is 11.2. The minimum Gasteiger partial charge on any atom is -0.357 e. The molecule has 1 amide bonds. The topological polar surface area (TPSA) is 56.7 Å². The zero-order chi connectivity index (χ0) is 20.5. The average molecular weight is 449 g/mol. The molecule has 0 bridgehead atoms. The Hall–Kier alpha value is -2.41. The van der Waals surface area contributed by atoms with Crippen LogP contribution in [0.2, 0.25) is 0 Å².